The van der Waals surface area contributed by atoms with Crippen molar-refractivity contribution in [3.8, 4) is 17.0 Å². The van der Waals surface area contributed by atoms with Crippen LogP contribution in [0.4, 0.5) is 0 Å². The van der Waals surface area contributed by atoms with Gasteiger partial charge in [-0.2, -0.15) is 0 Å². The highest BCUT2D eigenvalue weighted by Gasteiger charge is 2.21. The lowest BCUT2D eigenvalue weighted by Gasteiger charge is -2.23. The molecular formula is C25H23BrN2O. The molecule has 3 aromatic carbocycles. The van der Waals surface area contributed by atoms with E-state index >= 15 is 0 Å². The summed E-state index contributed by atoms with van der Waals surface area (Å²) in [4.78, 5) is 5.14. The smallest absolute Gasteiger partial charge is 0.133 e. The topological polar surface area (TPSA) is 34.1 Å². The van der Waals surface area contributed by atoms with Crippen molar-refractivity contribution in [1.82, 2.24) is 10.3 Å². The lowest BCUT2D eigenvalue weighted by Crippen LogP contribution is -2.25. The Morgan fingerprint density at radius 2 is 1.90 bits per heavy atom. The Labute approximate surface area is 179 Å². The third-order valence-electron chi connectivity index (χ3n) is 5.51. The van der Waals surface area contributed by atoms with Crippen molar-refractivity contribution in [2.45, 2.75) is 32.9 Å². The van der Waals surface area contributed by atoms with E-state index in [1.54, 1.807) is 0 Å². The van der Waals surface area contributed by atoms with Crippen molar-refractivity contribution in [2.24, 2.45) is 0 Å². The number of fused-ring (bicyclic) bond motifs is 5. The number of ether oxygens (including phenoxy) is 1. The van der Waals surface area contributed by atoms with Gasteiger partial charge in [0.1, 0.15) is 5.75 Å². The molecule has 0 saturated carbocycles. The standard InChI is InChI=1S/C25H23BrN2O/c1-15(2)29-23-10-8-17(13-21(23)26)25-20-14-27-12-11-19(20)24-18-6-4-3-5-16(18)7-9-22(24)28-25/h3-10,13,15,27H,11-12,14H2,1-2H3. The molecule has 4 heteroatoms. The molecule has 0 aliphatic carbocycles. The SMILES string of the molecule is CC(C)Oc1ccc(-c2nc3ccc4ccccc4c3c3c2CNCC3)cc1Br. The molecule has 0 bridgehead atoms. The molecule has 0 unspecified atom stereocenters. The number of pyridine rings is 1. The maximum Gasteiger partial charge on any atom is 0.133 e. The number of nitrogens with zero attached hydrogens (tertiary/aromatic N) is 1. The van der Waals surface area contributed by atoms with Crippen molar-refractivity contribution in [2.75, 3.05) is 6.54 Å². The van der Waals surface area contributed by atoms with Gasteiger partial charge in [0.2, 0.25) is 0 Å². The number of hydrogen-bond acceptors (Lipinski definition) is 3. The van der Waals surface area contributed by atoms with E-state index in [1.165, 1.54) is 27.3 Å². The van der Waals surface area contributed by atoms with E-state index < -0.39 is 0 Å². The largest absolute Gasteiger partial charge is 0.490 e. The van der Waals surface area contributed by atoms with E-state index in [-0.39, 0.29) is 6.10 Å². The van der Waals surface area contributed by atoms with E-state index in [9.17, 15) is 0 Å². The molecule has 0 atom stereocenters. The van der Waals surface area contributed by atoms with Gasteiger partial charge in [0.25, 0.3) is 0 Å². The van der Waals surface area contributed by atoms with Crippen LogP contribution in [0.15, 0.2) is 59.1 Å². The molecule has 0 saturated heterocycles. The summed E-state index contributed by atoms with van der Waals surface area (Å²) in [5, 5.41) is 7.41. The average Bonchev–Trinajstić information content (AvgIpc) is 2.74. The van der Waals surface area contributed by atoms with Crippen molar-refractivity contribution in [1.29, 1.82) is 0 Å². The Hall–Kier alpha value is -2.43. The van der Waals surface area contributed by atoms with Crippen LogP contribution in [0.3, 0.4) is 0 Å². The molecule has 3 nitrogen and oxygen atoms in total. The van der Waals surface area contributed by atoms with Gasteiger partial charge in [-0.1, -0.05) is 30.3 Å². The second-order valence-corrected chi connectivity index (χ2v) is 8.69. The summed E-state index contributed by atoms with van der Waals surface area (Å²) in [5.41, 5.74) is 5.98. The first-order valence-corrected chi connectivity index (χ1v) is 10.9. The van der Waals surface area contributed by atoms with Crippen LogP contribution in [0.5, 0.6) is 5.75 Å². The molecule has 2 heterocycles. The molecule has 5 rings (SSSR count). The molecule has 0 spiro atoms. The van der Waals surface area contributed by atoms with Crippen LogP contribution in [0, 0.1) is 0 Å². The lowest BCUT2D eigenvalue weighted by molar-refractivity contribution is 0.241. The summed E-state index contributed by atoms with van der Waals surface area (Å²) >= 11 is 3.68. The number of benzene rings is 3. The lowest BCUT2D eigenvalue weighted by atomic mass is 9.90. The summed E-state index contributed by atoms with van der Waals surface area (Å²) < 4.78 is 6.85. The van der Waals surface area contributed by atoms with Gasteiger partial charge in [0.15, 0.2) is 0 Å². The first-order valence-electron chi connectivity index (χ1n) is 10.1. The molecular weight excluding hydrogens is 424 g/mol. The van der Waals surface area contributed by atoms with E-state index in [0.29, 0.717) is 0 Å². The Bertz CT molecular complexity index is 1230. The number of halogens is 1. The fourth-order valence-electron chi connectivity index (χ4n) is 4.28. The van der Waals surface area contributed by atoms with Gasteiger partial charge in [0, 0.05) is 17.5 Å². The van der Waals surface area contributed by atoms with Crippen molar-refractivity contribution >= 4 is 37.6 Å². The fourth-order valence-corrected chi connectivity index (χ4v) is 4.75. The number of aromatic nitrogens is 1. The van der Waals surface area contributed by atoms with E-state index in [4.69, 9.17) is 9.72 Å². The minimum absolute atomic E-state index is 0.140. The van der Waals surface area contributed by atoms with Gasteiger partial charge in [-0.05, 0) is 88.9 Å². The Morgan fingerprint density at radius 3 is 2.72 bits per heavy atom. The van der Waals surface area contributed by atoms with Crippen molar-refractivity contribution in [3.63, 3.8) is 0 Å². The van der Waals surface area contributed by atoms with Crippen molar-refractivity contribution in [3.05, 3.63) is 70.2 Å². The highest BCUT2D eigenvalue weighted by Crippen LogP contribution is 2.38. The molecule has 1 aliphatic heterocycles. The summed E-state index contributed by atoms with van der Waals surface area (Å²) in [6.45, 7) is 5.92. The fraction of sp³-hybridized carbons (Fsp3) is 0.240. The molecule has 0 radical (unpaired) electrons. The molecule has 29 heavy (non-hydrogen) atoms. The zero-order valence-corrected chi connectivity index (χ0v) is 18.2. The zero-order chi connectivity index (χ0) is 20.0. The third-order valence-corrected chi connectivity index (χ3v) is 6.13. The minimum Gasteiger partial charge on any atom is -0.490 e. The molecule has 146 valence electrons. The normalized spacial score (nSPS) is 13.8. The second-order valence-electron chi connectivity index (χ2n) is 7.84. The van der Waals surface area contributed by atoms with E-state index in [2.05, 4.69) is 69.8 Å². The Balaban J connectivity index is 1.75. The van der Waals surface area contributed by atoms with E-state index in [0.717, 1.165) is 46.5 Å². The van der Waals surface area contributed by atoms with Gasteiger partial charge < -0.3 is 10.1 Å². The molecule has 0 fully saturated rings. The Kier molecular flexibility index (Phi) is 4.76. The summed E-state index contributed by atoms with van der Waals surface area (Å²) in [6.07, 6.45) is 1.16. The summed E-state index contributed by atoms with van der Waals surface area (Å²) in [5.74, 6) is 0.863. The number of rotatable bonds is 3. The van der Waals surface area contributed by atoms with Crippen LogP contribution in [-0.2, 0) is 13.0 Å². The maximum absolute atomic E-state index is 5.89. The van der Waals surface area contributed by atoms with Crippen LogP contribution < -0.4 is 10.1 Å². The van der Waals surface area contributed by atoms with E-state index in [1.807, 2.05) is 19.9 Å². The predicted octanol–water partition coefficient (Wildman–Crippen LogP) is 6.25. The highest BCUT2D eigenvalue weighted by atomic mass is 79.9. The van der Waals surface area contributed by atoms with Crippen molar-refractivity contribution < 1.29 is 4.74 Å². The Morgan fingerprint density at radius 1 is 1.03 bits per heavy atom. The first-order chi connectivity index (χ1) is 14.1. The zero-order valence-electron chi connectivity index (χ0n) is 16.6. The van der Waals surface area contributed by atoms with Crippen LogP contribution in [0.1, 0.15) is 25.0 Å². The maximum atomic E-state index is 5.89. The van der Waals surface area contributed by atoms with Gasteiger partial charge in [0.05, 0.1) is 21.8 Å². The van der Waals surface area contributed by atoms with Gasteiger partial charge in [-0.25, -0.2) is 4.98 Å². The van der Waals surface area contributed by atoms with Crippen LogP contribution in [0.25, 0.3) is 32.9 Å². The molecule has 1 aromatic heterocycles. The predicted molar refractivity (Wildman–Crippen MR) is 124 cm³/mol. The highest BCUT2D eigenvalue weighted by molar-refractivity contribution is 9.10. The van der Waals surface area contributed by atoms with Crippen LogP contribution >= 0.6 is 15.9 Å². The van der Waals surface area contributed by atoms with Gasteiger partial charge in [-0.15, -0.1) is 0 Å². The average molecular weight is 447 g/mol. The molecule has 0 amide bonds. The van der Waals surface area contributed by atoms with Gasteiger partial charge in [-0.3, -0.25) is 0 Å². The molecule has 4 aromatic rings. The van der Waals surface area contributed by atoms with Gasteiger partial charge >= 0.3 is 0 Å². The minimum atomic E-state index is 0.140. The quantitative estimate of drug-likeness (QED) is 0.377. The first kappa shape index (κ1) is 18.6. The summed E-state index contributed by atoms with van der Waals surface area (Å²) in [6, 6.07) is 19.2. The van der Waals surface area contributed by atoms with Crippen LogP contribution in [0.2, 0.25) is 0 Å². The molecule has 1 N–H and O–H groups in total. The monoisotopic (exact) mass is 446 g/mol. The number of nitrogens with one attached hydrogen (secondary N) is 1. The van der Waals surface area contributed by atoms with Crippen LogP contribution in [-0.4, -0.2) is 17.6 Å². The summed E-state index contributed by atoms with van der Waals surface area (Å²) in [7, 11) is 0. The number of hydrogen-bond donors (Lipinski definition) is 1. The third kappa shape index (κ3) is 3.30. The second kappa shape index (κ2) is 7.43. The molecule has 1 aliphatic rings.